The number of ketones is 2. The van der Waals surface area contributed by atoms with Crippen LogP contribution in [0.1, 0.15) is 25.0 Å². The highest BCUT2D eigenvalue weighted by Crippen LogP contribution is 2.24. The molecule has 2 aromatic rings. The van der Waals surface area contributed by atoms with Gasteiger partial charge in [0, 0.05) is 12.8 Å². The quantitative estimate of drug-likeness (QED) is 0.656. The van der Waals surface area contributed by atoms with Crippen molar-refractivity contribution >= 4 is 56.2 Å². The third kappa shape index (κ3) is 9.21. The fourth-order valence-corrected chi connectivity index (χ4v) is 3.15. The minimum absolute atomic E-state index is 0.00706. The van der Waals surface area contributed by atoms with Crippen LogP contribution in [0.3, 0.4) is 0 Å². The van der Waals surface area contributed by atoms with Crippen molar-refractivity contribution in [3.63, 3.8) is 0 Å². The van der Waals surface area contributed by atoms with Gasteiger partial charge in [0.2, 0.25) is 10.0 Å². The summed E-state index contributed by atoms with van der Waals surface area (Å²) in [5.41, 5.74) is 8.00. The lowest BCUT2D eigenvalue weighted by atomic mass is 10.1. The molecule has 3 N–H and O–H groups in total. The van der Waals surface area contributed by atoms with Gasteiger partial charge < -0.3 is 5.73 Å². The normalized spacial score (nSPS) is 10.6. The Morgan fingerprint density at radius 1 is 0.929 bits per heavy atom. The van der Waals surface area contributed by atoms with Crippen LogP contribution in [0.2, 0.25) is 10.0 Å². The summed E-state index contributed by atoms with van der Waals surface area (Å²) < 4.78 is 24.4. The van der Waals surface area contributed by atoms with Crippen molar-refractivity contribution in [2.45, 2.75) is 26.7 Å². The zero-order valence-electron chi connectivity index (χ0n) is 15.8. The molecule has 2 rings (SSSR count). The number of anilines is 2. The van der Waals surface area contributed by atoms with E-state index >= 15 is 0 Å². The van der Waals surface area contributed by atoms with E-state index in [1.165, 1.54) is 6.92 Å². The van der Waals surface area contributed by atoms with E-state index in [4.69, 9.17) is 28.9 Å². The molecular weight excluding hydrogens is 423 g/mol. The molecule has 0 unspecified atom stereocenters. The number of hydrogen-bond donors (Lipinski definition) is 2. The summed E-state index contributed by atoms with van der Waals surface area (Å²) in [6, 6.07) is 10.0. The van der Waals surface area contributed by atoms with Gasteiger partial charge in [0.15, 0.2) is 0 Å². The summed E-state index contributed by atoms with van der Waals surface area (Å²) in [7, 11) is -3.36. The van der Waals surface area contributed by atoms with E-state index in [1.807, 2.05) is 0 Å². The molecule has 0 atom stereocenters. The number of nitrogens with one attached hydrogen (secondary N) is 1. The van der Waals surface area contributed by atoms with E-state index in [2.05, 4.69) is 4.72 Å². The molecule has 152 valence electrons. The van der Waals surface area contributed by atoms with Gasteiger partial charge in [-0.3, -0.25) is 14.3 Å². The Bertz CT molecular complexity index is 976. The Morgan fingerprint density at radius 3 is 1.82 bits per heavy atom. The number of carbonyl (C=O) groups excluding carboxylic acids is 2. The van der Waals surface area contributed by atoms with Gasteiger partial charge in [-0.15, -0.1) is 0 Å². The smallest absolute Gasteiger partial charge is 0.229 e. The Morgan fingerprint density at radius 2 is 1.39 bits per heavy atom. The second kappa shape index (κ2) is 10.5. The molecule has 0 spiro atoms. The van der Waals surface area contributed by atoms with Crippen LogP contribution in [0, 0.1) is 0 Å². The fourth-order valence-electron chi connectivity index (χ4n) is 2.24. The van der Waals surface area contributed by atoms with Crippen LogP contribution in [0.5, 0.6) is 0 Å². The van der Waals surface area contributed by atoms with E-state index in [0.717, 1.165) is 17.4 Å². The van der Waals surface area contributed by atoms with Crippen LogP contribution < -0.4 is 10.5 Å². The lowest BCUT2D eigenvalue weighted by molar-refractivity contribution is -0.117. The predicted octanol–water partition coefficient (Wildman–Crippen LogP) is 3.90. The first-order valence-electron chi connectivity index (χ1n) is 8.16. The maximum atomic E-state index is 11.0. The van der Waals surface area contributed by atoms with Gasteiger partial charge in [-0.2, -0.15) is 0 Å². The lowest BCUT2D eigenvalue weighted by Crippen LogP contribution is -2.10. The van der Waals surface area contributed by atoms with Gasteiger partial charge >= 0.3 is 0 Å². The number of nitrogen functional groups attached to an aromatic ring is 1. The minimum atomic E-state index is -3.36. The molecule has 0 aliphatic rings. The third-order valence-electron chi connectivity index (χ3n) is 3.29. The summed E-state index contributed by atoms with van der Waals surface area (Å²) in [6.45, 7) is 3.02. The fraction of sp³-hybridized carbons (Fsp3) is 0.263. The number of nitrogens with two attached hydrogens (primary N) is 1. The van der Waals surface area contributed by atoms with Crippen molar-refractivity contribution in [2.24, 2.45) is 0 Å². The number of carbonyl (C=O) groups is 2. The maximum absolute atomic E-state index is 11.0. The highest BCUT2D eigenvalue weighted by atomic mass is 35.5. The maximum Gasteiger partial charge on any atom is 0.229 e. The van der Waals surface area contributed by atoms with Crippen molar-refractivity contribution in [1.29, 1.82) is 0 Å². The van der Waals surface area contributed by atoms with Gasteiger partial charge in [-0.25, -0.2) is 8.42 Å². The van der Waals surface area contributed by atoms with Gasteiger partial charge in [0.1, 0.15) is 11.6 Å². The standard InChI is InChI=1S/C10H12ClNO3S.C9H10ClNO/c1-7(13)5-8-3-4-9(11)10(6-8)12-16(2,14)15;1-6(12)4-7-2-3-8(10)9(11)5-7/h3-4,6,12H,5H2,1-2H3;2-3,5H,4,11H2,1H3. The van der Waals surface area contributed by atoms with Crippen molar-refractivity contribution in [2.75, 3.05) is 16.7 Å². The van der Waals surface area contributed by atoms with Crippen LogP contribution >= 0.6 is 23.2 Å². The Balaban J connectivity index is 0.000000292. The molecular formula is C19H22Cl2N2O4S. The van der Waals surface area contributed by atoms with Crippen LogP contribution in [0.15, 0.2) is 36.4 Å². The first-order chi connectivity index (χ1) is 12.9. The molecule has 0 aliphatic heterocycles. The molecule has 0 heterocycles. The SMILES string of the molecule is CC(=O)Cc1ccc(Cl)c(N)c1.CC(=O)Cc1ccc(Cl)c(NS(C)(=O)=O)c1. The Labute approximate surface area is 175 Å². The first kappa shape index (κ1) is 23.9. The topological polar surface area (TPSA) is 106 Å². The zero-order chi connectivity index (χ0) is 21.5. The van der Waals surface area contributed by atoms with Crippen LogP contribution in [0.4, 0.5) is 11.4 Å². The number of sulfonamides is 1. The third-order valence-corrected chi connectivity index (χ3v) is 4.56. The summed E-state index contributed by atoms with van der Waals surface area (Å²) in [5, 5.41) is 0.833. The molecule has 0 saturated carbocycles. The van der Waals surface area contributed by atoms with Crippen molar-refractivity contribution < 1.29 is 18.0 Å². The van der Waals surface area contributed by atoms with Gasteiger partial charge in [-0.1, -0.05) is 35.3 Å². The van der Waals surface area contributed by atoms with E-state index < -0.39 is 10.0 Å². The van der Waals surface area contributed by atoms with E-state index in [-0.39, 0.29) is 18.0 Å². The van der Waals surface area contributed by atoms with Crippen molar-refractivity contribution in [1.82, 2.24) is 0 Å². The molecule has 28 heavy (non-hydrogen) atoms. The number of Topliss-reactive ketones (excluding diaryl/α,β-unsaturated/α-hetero) is 2. The van der Waals surface area contributed by atoms with E-state index in [9.17, 15) is 18.0 Å². The van der Waals surface area contributed by atoms with Crippen molar-refractivity contribution in [3.8, 4) is 0 Å². The number of benzene rings is 2. The molecule has 0 aliphatic carbocycles. The second-order valence-corrected chi connectivity index (χ2v) is 8.86. The summed E-state index contributed by atoms with van der Waals surface area (Å²) in [6.07, 6.45) is 1.72. The molecule has 9 heteroatoms. The number of halogens is 2. The van der Waals surface area contributed by atoms with E-state index in [1.54, 1.807) is 43.3 Å². The average Bonchev–Trinajstić information content (AvgIpc) is 2.52. The molecule has 0 aromatic heterocycles. The summed E-state index contributed by atoms with van der Waals surface area (Å²) >= 11 is 11.5. The van der Waals surface area contributed by atoms with Crippen LogP contribution in [0.25, 0.3) is 0 Å². The molecule has 0 saturated heterocycles. The minimum Gasteiger partial charge on any atom is -0.398 e. The molecule has 0 amide bonds. The molecule has 2 aromatic carbocycles. The van der Waals surface area contributed by atoms with Gasteiger partial charge in [0.25, 0.3) is 0 Å². The van der Waals surface area contributed by atoms with Crippen LogP contribution in [-0.2, 0) is 32.5 Å². The Kier molecular flexibility index (Phi) is 8.94. The summed E-state index contributed by atoms with van der Waals surface area (Å²) in [5.74, 6) is 0.129. The Hall–Kier alpha value is -2.09. The van der Waals surface area contributed by atoms with E-state index in [0.29, 0.717) is 27.8 Å². The van der Waals surface area contributed by atoms with Gasteiger partial charge in [-0.05, 0) is 49.2 Å². The predicted molar refractivity (Wildman–Crippen MR) is 115 cm³/mol. The molecule has 6 nitrogen and oxygen atoms in total. The molecule has 0 fully saturated rings. The lowest BCUT2D eigenvalue weighted by Gasteiger charge is -2.08. The zero-order valence-corrected chi connectivity index (χ0v) is 18.1. The molecule has 0 bridgehead atoms. The monoisotopic (exact) mass is 444 g/mol. The van der Waals surface area contributed by atoms with Crippen LogP contribution in [-0.4, -0.2) is 26.2 Å². The average molecular weight is 445 g/mol. The largest absolute Gasteiger partial charge is 0.398 e. The van der Waals surface area contributed by atoms with Crippen molar-refractivity contribution in [3.05, 3.63) is 57.6 Å². The highest BCUT2D eigenvalue weighted by molar-refractivity contribution is 7.92. The number of hydrogen-bond acceptors (Lipinski definition) is 5. The first-order valence-corrected chi connectivity index (χ1v) is 10.8. The summed E-state index contributed by atoms with van der Waals surface area (Å²) in [4.78, 5) is 21.7. The highest BCUT2D eigenvalue weighted by Gasteiger charge is 2.08. The number of rotatable bonds is 6. The molecule has 0 radical (unpaired) electrons. The second-order valence-electron chi connectivity index (χ2n) is 6.30. The van der Waals surface area contributed by atoms with Gasteiger partial charge in [0.05, 0.1) is 27.7 Å².